The molecule has 0 atom stereocenters. The Bertz CT molecular complexity index is 1190. The number of nitrogens with one attached hydrogen (secondary N) is 1. The zero-order valence-electron chi connectivity index (χ0n) is 21.3. The van der Waals surface area contributed by atoms with E-state index in [0.717, 1.165) is 36.9 Å². The molecule has 1 fully saturated rings. The minimum atomic E-state index is -0.170. The molecule has 0 spiro atoms. The lowest BCUT2D eigenvalue weighted by Crippen LogP contribution is -2.52. The van der Waals surface area contributed by atoms with Crippen LogP contribution >= 0.6 is 31.9 Å². The SMILES string of the molecule is Cc1cccc(C)c1NC(=O)CN1CCN(C(=O)C(Cc2ccccc2Br)Cc2ccccc2Br)CC1. The number of anilines is 1. The van der Waals surface area contributed by atoms with Crippen LogP contribution in [0.3, 0.4) is 0 Å². The van der Waals surface area contributed by atoms with Gasteiger partial charge in [-0.3, -0.25) is 14.5 Å². The Morgan fingerprint density at radius 3 is 1.81 bits per heavy atom. The summed E-state index contributed by atoms with van der Waals surface area (Å²) >= 11 is 7.31. The van der Waals surface area contributed by atoms with Crippen LogP contribution < -0.4 is 5.32 Å². The molecule has 1 heterocycles. The number of halogens is 2. The van der Waals surface area contributed by atoms with Crippen molar-refractivity contribution in [1.82, 2.24) is 9.80 Å². The lowest BCUT2D eigenvalue weighted by Gasteiger charge is -2.36. The van der Waals surface area contributed by atoms with E-state index >= 15 is 0 Å². The molecule has 0 unspecified atom stereocenters. The van der Waals surface area contributed by atoms with E-state index in [-0.39, 0.29) is 17.7 Å². The molecule has 5 nitrogen and oxygen atoms in total. The number of nitrogens with zero attached hydrogens (tertiary/aromatic N) is 2. The van der Waals surface area contributed by atoms with Gasteiger partial charge in [-0.15, -0.1) is 0 Å². The summed E-state index contributed by atoms with van der Waals surface area (Å²) in [5.74, 6) is -0.0136. The van der Waals surface area contributed by atoms with E-state index < -0.39 is 0 Å². The fraction of sp³-hybridized carbons (Fsp3) is 0.333. The Morgan fingerprint density at radius 1 is 0.784 bits per heavy atom. The minimum Gasteiger partial charge on any atom is -0.340 e. The first-order valence-corrected chi connectivity index (χ1v) is 14.2. The quantitative estimate of drug-likeness (QED) is 0.333. The number of hydrogen-bond donors (Lipinski definition) is 1. The number of benzene rings is 3. The number of hydrogen-bond acceptors (Lipinski definition) is 3. The van der Waals surface area contributed by atoms with Crippen LogP contribution in [-0.2, 0) is 22.4 Å². The highest BCUT2D eigenvalue weighted by atomic mass is 79.9. The van der Waals surface area contributed by atoms with Crippen molar-refractivity contribution < 1.29 is 9.59 Å². The molecule has 3 aromatic carbocycles. The molecule has 2 amide bonds. The summed E-state index contributed by atoms with van der Waals surface area (Å²) in [5.41, 5.74) is 5.28. The average molecular weight is 627 g/mol. The van der Waals surface area contributed by atoms with Crippen molar-refractivity contribution in [3.8, 4) is 0 Å². The van der Waals surface area contributed by atoms with Gasteiger partial charge in [-0.25, -0.2) is 0 Å². The summed E-state index contributed by atoms with van der Waals surface area (Å²) in [6.45, 7) is 6.95. The molecule has 1 aliphatic rings. The first-order chi connectivity index (χ1) is 17.8. The minimum absolute atomic E-state index is 0.0158. The Hall–Kier alpha value is -2.48. The Kier molecular flexibility index (Phi) is 9.57. The molecular weight excluding hydrogens is 594 g/mol. The Morgan fingerprint density at radius 2 is 1.30 bits per heavy atom. The molecule has 3 aromatic rings. The van der Waals surface area contributed by atoms with E-state index in [1.807, 2.05) is 73.3 Å². The van der Waals surface area contributed by atoms with Crippen molar-refractivity contribution in [2.75, 3.05) is 38.0 Å². The van der Waals surface area contributed by atoms with Crippen LogP contribution in [0.5, 0.6) is 0 Å². The van der Waals surface area contributed by atoms with E-state index in [1.165, 1.54) is 0 Å². The summed E-state index contributed by atoms with van der Waals surface area (Å²) in [4.78, 5) is 30.6. The number of rotatable bonds is 8. The molecule has 0 saturated carbocycles. The standard InChI is InChI=1S/C30H33Br2N3O2/c1-21-8-7-9-22(2)29(21)33-28(36)20-34-14-16-35(17-15-34)30(37)25(18-23-10-3-5-12-26(23)31)19-24-11-4-6-13-27(24)32/h3-13,25H,14-20H2,1-2H3,(H,33,36). The lowest BCUT2D eigenvalue weighted by atomic mass is 9.91. The first-order valence-electron chi connectivity index (χ1n) is 12.7. The van der Waals surface area contributed by atoms with Gasteiger partial charge in [0.15, 0.2) is 0 Å². The van der Waals surface area contributed by atoms with E-state index in [9.17, 15) is 9.59 Å². The van der Waals surface area contributed by atoms with E-state index in [4.69, 9.17) is 0 Å². The summed E-state index contributed by atoms with van der Waals surface area (Å²) in [7, 11) is 0. The predicted molar refractivity (Wildman–Crippen MR) is 157 cm³/mol. The molecule has 7 heteroatoms. The second kappa shape index (κ2) is 12.9. The highest BCUT2D eigenvalue weighted by Gasteiger charge is 2.29. The predicted octanol–water partition coefficient (Wildman–Crippen LogP) is 6.01. The van der Waals surface area contributed by atoms with Crippen LogP contribution in [-0.4, -0.2) is 54.3 Å². The summed E-state index contributed by atoms with van der Waals surface area (Å²) in [5, 5.41) is 3.07. The molecule has 4 rings (SSSR count). The zero-order valence-corrected chi connectivity index (χ0v) is 24.5. The van der Waals surface area contributed by atoms with E-state index in [1.54, 1.807) is 0 Å². The molecular formula is C30H33Br2N3O2. The molecule has 37 heavy (non-hydrogen) atoms. The largest absolute Gasteiger partial charge is 0.340 e. The molecule has 0 radical (unpaired) electrons. The number of aryl methyl sites for hydroxylation is 2. The van der Waals surface area contributed by atoms with Crippen LogP contribution in [0.2, 0.25) is 0 Å². The van der Waals surface area contributed by atoms with Gasteiger partial charge in [-0.05, 0) is 61.1 Å². The van der Waals surface area contributed by atoms with Gasteiger partial charge in [-0.2, -0.15) is 0 Å². The van der Waals surface area contributed by atoms with Crippen molar-refractivity contribution in [2.24, 2.45) is 5.92 Å². The molecule has 1 saturated heterocycles. The normalized spacial score (nSPS) is 14.1. The lowest BCUT2D eigenvalue weighted by molar-refractivity contribution is -0.137. The van der Waals surface area contributed by atoms with E-state index in [0.29, 0.717) is 45.6 Å². The highest BCUT2D eigenvalue weighted by Crippen LogP contribution is 2.26. The topological polar surface area (TPSA) is 52.7 Å². The maximum Gasteiger partial charge on any atom is 0.238 e. The number of amides is 2. The van der Waals surface area contributed by atoms with Crippen molar-refractivity contribution in [1.29, 1.82) is 0 Å². The fourth-order valence-corrected chi connectivity index (χ4v) is 5.78. The van der Waals surface area contributed by atoms with E-state index in [2.05, 4.69) is 54.2 Å². The number of carbonyl (C=O) groups excluding carboxylic acids is 2. The number of carbonyl (C=O) groups is 2. The number of piperazine rings is 1. The molecule has 0 aromatic heterocycles. The second-order valence-corrected chi connectivity index (χ2v) is 11.4. The van der Waals surface area contributed by atoms with Crippen molar-refractivity contribution in [3.63, 3.8) is 0 Å². The van der Waals surface area contributed by atoms with Gasteiger partial charge in [0.1, 0.15) is 0 Å². The van der Waals surface area contributed by atoms with Crippen molar-refractivity contribution in [2.45, 2.75) is 26.7 Å². The molecule has 194 valence electrons. The zero-order chi connectivity index (χ0) is 26.4. The maximum absolute atomic E-state index is 13.8. The first kappa shape index (κ1) is 27.6. The van der Waals surface area contributed by atoms with Crippen LogP contribution in [0.1, 0.15) is 22.3 Å². The highest BCUT2D eigenvalue weighted by molar-refractivity contribution is 9.10. The summed E-state index contributed by atoms with van der Waals surface area (Å²) in [6.07, 6.45) is 1.33. The van der Waals surface area contributed by atoms with Gasteiger partial charge in [-0.1, -0.05) is 86.5 Å². The Balaban J connectivity index is 1.39. The van der Waals surface area contributed by atoms with Crippen molar-refractivity contribution in [3.05, 3.63) is 97.9 Å². The summed E-state index contributed by atoms with van der Waals surface area (Å²) in [6, 6.07) is 22.2. The van der Waals surface area contributed by atoms with Crippen LogP contribution in [0.25, 0.3) is 0 Å². The van der Waals surface area contributed by atoms with Crippen LogP contribution in [0, 0.1) is 19.8 Å². The maximum atomic E-state index is 13.8. The van der Waals surface area contributed by atoms with Gasteiger partial charge in [0.25, 0.3) is 0 Å². The molecule has 1 aliphatic heterocycles. The third-order valence-electron chi connectivity index (χ3n) is 6.99. The number of para-hydroxylation sites is 1. The van der Waals surface area contributed by atoms with Gasteiger partial charge in [0, 0.05) is 46.7 Å². The van der Waals surface area contributed by atoms with Crippen LogP contribution in [0.4, 0.5) is 5.69 Å². The third-order valence-corrected chi connectivity index (χ3v) is 8.54. The second-order valence-electron chi connectivity index (χ2n) is 9.70. The van der Waals surface area contributed by atoms with Crippen molar-refractivity contribution >= 4 is 49.4 Å². The van der Waals surface area contributed by atoms with Gasteiger partial charge < -0.3 is 10.2 Å². The molecule has 0 bridgehead atoms. The Labute approximate surface area is 236 Å². The van der Waals surface area contributed by atoms with Gasteiger partial charge >= 0.3 is 0 Å². The van der Waals surface area contributed by atoms with Gasteiger partial charge in [0.05, 0.1) is 6.54 Å². The molecule has 1 N–H and O–H groups in total. The van der Waals surface area contributed by atoms with Crippen LogP contribution in [0.15, 0.2) is 75.7 Å². The average Bonchev–Trinajstić information content (AvgIpc) is 2.88. The smallest absolute Gasteiger partial charge is 0.238 e. The third kappa shape index (κ3) is 7.30. The monoisotopic (exact) mass is 625 g/mol. The molecule has 0 aliphatic carbocycles. The summed E-state index contributed by atoms with van der Waals surface area (Å²) < 4.78 is 2.05. The van der Waals surface area contributed by atoms with Gasteiger partial charge in [0.2, 0.25) is 11.8 Å². The fourth-order valence-electron chi connectivity index (χ4n) is 4.88.